The summed E-state index contributed by atoms with van der Waals surface area (Å²) in [5.41, 5.74) is 6.43. The molecule has 0 amide bonds. The van der Waals surface area contributed by atoms with Gasteiger partial charge in [-0.2, -0.15) is 0 Å². The number of fused-ring (bicyclic) bond motifs is 2. The summed E-state index contributed by atoms with van der Waals surface area (Å²) in [5.74, 6) is 0. The minimum absolute atomic E-state index is 0.0694. The largest absolute Gasteiger partial charge is 0.388 e. The van der Waals surface area contributed by atoms with Gasteiger partial charge in [0.25, 0.3) is 0 Å². The van der Waals surface area contributed by atoms with Crippen LogP contribution in [0, 0.1) is 5.41 Å². The van der Waals surface area contributed by atoms with E-state index in [4.69, 9.17) is 22.1 Å². The third-order valence-corrected chi connectivity index (χ3v) is 5.77. The van der Waals surface area contributed by atoms with Gasteiger partial charge in [0.05, 0.1) is 23.3 Å². The van der Waals surface area contributed by atoms with E-state index < -0.39 is 6.10 Å². The molecule has 0 spiro atoms. The molecular formula is C14H17BrClNO2. The van der Waals surface area contributed by atoms with Crippen LogP contribution in [0.2, 0.25) is 5.02 Å². The maximum atomic E-state index is 10.8. The van der Waals surface area contributed by atoms with E-state index in [1.54, 1.807) is 6.07 Å². The zero-order valence-corrected chi connectivity index (χ0v) is 12.8. The van der Waals surface area contributed by atoms with Gasteiger partial charge in [0.2, 0.25) is 0 Å². The standard InChI is InChI=1S/C14H17BrClNO2/c15-10-3-1-8(5-11(10)16)13(18)14(7-17)6-9-2-4-12(14)19-9/h1,3,5,9,12-13,18H,2,4,6-7,17H2. The van der Waals surface area contributed by atoms with Crippen LogP contribution in [-0.2, 0) is 4.74 Å². The van der Waals surface area contributed by atoms with E-state index >= 15 is 0 Å². The van der Waals surface area contributed by atoms with Gasteiger partial charge in [0, 0.05) is 16.4 Å². The quantitative estimate of drug-likeness (QED) is 0.884. The number of hydrogen-bond acceptors (Lipinski definition) is 3. The van der Waals surface area contributed by atoms with E-state index in [-0.39, 0.29) is 17.6 Å². The van der Waals surface area contributed by atoms with Crippen molar-refractivity contribution in [2.75, 3.05) is 6.54 Å². The van der Waals surface area contributed by atoms with Gasteiger partial charge in [-0.15, -0.1) is 0 Å². The maximum absolute atomic E-state index is 10.8. The first-order valence-corrected chi connectivity index (χ1v) is 7.72. The summed E-state index contributed by atoms with van der Waals surface area (Å²) in [5, 5.41) is 11.4. The normalized spacial score (nSPS) is 34.7. The molecular weight excluding hydrogens is 330 g/mol. The molecule has 0 radical (unpaired) electrons. The van der Waals surface area contributed by atoms with Crippen molar-refractivity contribution in [1.29, 1.82) is 0 Å². The number of nitrogens with two attached hydrogens (primary N) is 1. The van der Waals surface area contributed by atoms with Crippen LogP contribution >= 0.6 is 27.5 Å². The van der Waals surface area contributed by atoms with Gasteiger partial charge in [0.1, 0.15) is 0 Å². The van der Waals surface area contributed by atoms with Crippen molar-refractivity contribution in [1.82, 2.24) is 0 Å². The Morgan fingerprint density at radius 2 is 2.32 bits per heavy atom. The molecule has 2 bridgehead atoms. The molecule has 104 valence electrons. The first-order valence-electron chi connectivity index (χ1n) is 6.55. The second-order valence-corrected chi connectivity index (χ2v) is 6.80. The molecule has 1 aromatic rings. The average molecular weight is 347 g/mol. The summed E-state index contributed by atoms with van der Waals surface area (Å²) in [7, 11) is 0. The molecule has 3 rings (SSSR count). The van der Waals surface area contributed by atoms with Gasteiger partial charge in [0.15, 0.2) is 0 Å². The molecule has 4 unspecified atom stereocenters. The Balaban J connectivity index is 1.93. The lowest BCUT2D eigenvalue weighted by molar-refractivity contribution is -0.0264. The lowest BCUT2D eigenvalue weighted by atomic mass is 9.68. The lowest BCUT2D eigenvalue weighted by Gasteiger charge is -2.38. The van der Waals surface area contributed by atoms with Crippen LogP contribution in [-0.4, -0.2) is 23.9 Å². The molecule has 3 N–H and O–H groups in total. The van der Waals surface area contributed by atoms with E-state index in [2.05, 4.69) is 15.9 Å². The van der Waals surface area contributed by atoms with Gasteiger partial charge in [-0.25, -0.2) is 0 Å². The molecule has 0 aliphatic carbocycles. The van der Waals surface area contributed by atoms with Crippen LogP contribution in [0.4, 0.5) is 0 Å². The zero-order chi connectivity index (χ0) is 13.6. The molecule has 2 heterocycles. The summed E-state index contributed by atoms with van der Waals surface area (Å²) < 4.78 is 6.72. The highest BCUT2D eigenvalue weighted by Crippen LogP contribution is 2.53. The van der Waals surface area contributed by atoms with Crippen LogP contribution < -0.4 is 5.73 Å². The molecule has 3 nitrogen and oxygen atoms in total. The van der Waals surface area contributed by atoms with Crippen molar-refractivity contribution in [3.8, 4) is 0 Å². The van der Waals surface area contributed by atoms with Crippen LogP contribution in [0.1, 0.15) is 30.9 Å². The van der Waals surface area contributed by atoms with E-state index in [9.17, 15) is 5.11 Å². The number of aliphatic hydroxyl groups is 1. The number of ether oxygens (including phenoxy) is 1. The number of benzene rings is 1. The fourth-order valence-corrected chi connectivity index (χ4v) is 3.90. The maximum Gasteiger partial charge on any atom is 0.0884 e. The first-order chi connectivity index (χ1) is 9.06. The van der Waals surface area contributed by atoms with Crippen LogP contribution in [0.25, 0.3) is 0 Å². The van der Waals surface area contributed by atoms with Gasteiger partial charge in [-0.05, 0) is 52.9 Å². The Bertz CT molecular complexity index is 498. The molecule has 19 heavy (non-hydrogen) atoms. The summed E-state index contributed by atoms with van der Waals surface area (Å²) in [6.07, 6.45) is 2.61. The van der Waals surface area contributed by atoms with Gasteiger partial charge >= 0.3 is 0 Å². The number of hydrogen-bond donors (Lipinski definition) is 2. The highest BCUT2D eigenvalue weighted by molar-refractivity contribution is 9.10. The van der Waals surface area contributed by atoms with E-state index in [0.717, 1.165) is 29.3 Å². The van der Waals surface area contributed by atoms with E-state index in [0.29, 0.717) is 11.6 Å². The van der Waals surface area contributed by atoms with Crippen molar-refractivity contribution in [2.24, 2.45) is 11.1 Å². The average Bonchev–Trinajstić information content (AvgIpc) is 3.02. The molecule has 0 aromatic heterocycles. The molecule has 2 aliphatic rings. The third kappa shape index (κ3) is 2.14. The molecule has 0 saturated carbocycles. The smallest absolute Gasteiger partial charge is 0.0884 e. The molecule has 5 heteroatoms. The minimum Gasteiger partial charge on any atom is -0.388 e. The fraction of sp³-hybridized carbons (Fsp3) is 0.571. The summed E-state index contributed by atoms with van der Waals surface area (Å²) in [6, 6.07) is 5.56. The lowest BCUT2D eigenvalue weighted by Crippen LogP contribution is -2.44. The highest BCUT2D eigenvalue weighted by Gasteiger charge is 2.55. The summed E-state index contributed by atoms with van der Waals surface area (Å²) >= 11 is 9.47. The van der Waals surface area contributed by atoms with Crippen molar-refractivity contribution in [3.05, 3.63) is 33.3 Å². The predicted molar refractivity (Wildman–Crippen MR) is 78.1 cm³/mol. The second-order valence-electron chi connectivity index (χ2n) is 5.54. The van der Waals surface area contributed by atoms with Crippen LogP contribution in [0.5, 0.6) is 0 Å². The van der Waals surface area contributed by atoms with E-state index in [1.807, 2.05) is 12.1 Å². The van der Waals surface area contributed by atoms with Crippen molar-refractivity contribution in [2.45, 2.75) is 37.6 Å². The molecule has 1 aromatic carbocycles. The zero-order valence-electron chi connectivity index (χ0n) is 10.5. The Labute approximate surface area is 126 Å². The SMILES string of the molecule is NCC1(C(O)c2ccc(Br)c(Cl)c2)CC2CCC1O2. The molecule has 4 atom stereocenters. The Morgan fingerprint density at radius 1 is 1.53 bits per heavy atom. The Hall–Kier alpha value is -0.130. The summed E-state index contributed by atoms with van der Waals surface area (Å²) in [4.78, 5) is 0. The minimum atomic E-state index is -0.626. The first kappa shape index (κ1) is 13.8. The monoisotopic (exact) mass is 345 g/mol. The number of rotatable bonds is 3. The van der Waals surface area contributed by atoms with Gasteiger partial charge in [-0.1, -0.05) is 17.7 Å². The van der Waals surface area contributed by atoms with Crippen molar-refractivity contribution < 1.29 is 9.84 Å². The molecule has 2 fully saturated rings. The topological polar surface area (TPSA) is 55.5 Å². The van der Waals surface area contributed by atoms with E-state index in [1.165, 1.54) is 0 Å². The van der Waals surface area contributed by atoms with Crippen LogP contribution in [0.3, 0.4) is 0 Å². The third-order valence-electron chi connectivity index (χ3n) is 4.54. The van der Waals surface area contributed by atoms with Gasteiger partial charge in [-0.3, -0.25) is 0 Å². The molecule has 2 aliphatic heterocycles. The predicted octanol–water partition coefficient (Wildman–Crippen LogP) is 3.03. The second kappa shape index (κ2) is 5.01. The summed E-state index contributed by atoms with van der Waals surface area (Å²) in [6.45, 7) is 0.434. The number of halogens is 2. The van der Waals surface area contributed by atoms with Crippen molar-refractivity contribution in [3.63, 3.8) is 0 Å². The Morgan fingerprint density at radius 3 is 2.84 bits per heavy atom. The van der Waals surface area contributed by atoms with Gasteiger partial charge < -0.3 is 15.6 Å². The van der Waals surface area contributed by atoms with Crippen molar-refractivity contribution >= 4 is 27.5 Å². The van der Waals surface area contributed by atoms with Crippen LogP contribution in [0.15, 0.2) is 22.7 Å². The highest BCUT2D eigenvalue weighted by atomic mass is 79.9. The fourth-order valence-electron chi connectivity index (χ4n) is 3.46. The Kier molecular flexibility index (Phi) is 3.65. The number of aliphatic hydroxyl groups excluding tert-OH is 1. The molecule has 2 saturated heterocycles.